The molecular weight excluding hydrogens is 445 g/mol. The number of halogens is 5. The summed E-state index contributed by atoms with van der Waals surface area (Å²) in [5.74, 6) is -9.54. The van der Waals surface area contributed by atoms with Gasteiger partial charge < -0.3 is 19.5 Å². The lowest BCUT2D eigenvalue weighted by Gasteiger charge is -2.37. The maximum atomic E-state index is 14.1. The average molecular weight is 463 g/mol. The number of hydrogen-bond acceptors (Lipinski definition) is 4. The highest BCUT2D eigenvalue weighted by Gasteiger charge is 2.30. The second-order valence-electron chi connectivity index (χ2n) is 7.28. The summed E-state index contributed by atoms with van der Waals surface area (Å²) in [6.45, 7) is 0.733. The SMILES string of the molecule is O=C(C=Cc1ccco1)Nc1ccc(N2CCN(c3c(F)c(F)c(F)c(F)c3F)CC2)cc1. The van der Waals surface area contributed by atoms with Crippen LogP contribution >= 0.6 is 0 Å². The summed E-state index contributed by atoms with van der Waals surface area (Å²) in [6, 6.07) is 10.3. The Morgan fingerprint density at radius 2 is 1.39 bits per heavy atom. The van der Waals surface area contributed by atoms with Gasteiger partial charge in [-0.15, -0.1) is 0 Å². The van der Waals surface area contributed by atoms with E-state index in [9.17, 15) is 26.7 Å². The van der Waals surface area contributed by atoms with Crippen LogP contribution in [0.4, 0.5) is 39.0 Å². The number of piperazine rings is 1. The molecule has 0 saturated carbocycles. The molecule has 1 aliphatic heterocycles. The van der Waals surface area contributed by atoms with E-state index in [2.05, 4.69) is 5.32 Å². The molecule has 3 aromatic rings. The third-order valence-corrected chi connectivity index (χ3v) is 5.22. The summed E-state index contributed by atoms with van der Waals surface area (Å²) in [5, 5.41) is 2.71. The smallest absolute Gasteiger partial charge is 0.248 e. The zero-order chi connectivity index (χ0) is 23.5. The van der Waals surface area contributed by atoms with E-state index in [1.54, 1.807) is 36.4 Å². The van der Waals surface area contributed by atoms with Gasteiger partial charge in [-0.3, -0.25) is 4.79 Å². The van der Waals surface area contributed by atoms with Crippen LogP contribution in [0.2, 0.25) is 0 Å². The van der Waals surface area contributed by atoms with Crippen molar-refractivity contribution in [2.75, 3.05) is 41.3 Å². The predicted octanol–water partition coefficient (Wildman–Crippen LogP) is 4.95. The van der Waals surface area contributed by atoms with Crippen molar-refractivity contribution in [1.82, 2.24) is 0 Å². The molecule has 1 saturated heterocycles. The maximum absolute atomic E-state index is 14.1. The number of nitrogens with zero attached hydrogens (tertiary/aromatic N) is 2. The van der Waals surface area contributed by atoms with Gasteiger partial charge in [0, 0.05) is 43.6 Å². The van der Waals surface area contributed by atoms with Gasteiger partial charge in [-0.2, -0.15) is 0 Å². The van der Waals surface area contributed by atoms with E-state index in [0.717, 1.165) is 10.6 Å². The first-order valence-electron chi connectivity index (χ1n) is 9.99. The number of anilines is 3. The highest BCUT2D eigenvalue weighted by atomic mass is 19.2. The summed E-state index contributed by atoms with van der Waals surface area (Å²) >= 11 is 0. The minimum Gasteiger partial charge on any atom is -0.465 e. The van der Waals surface area contributed by atoms with Crippen molar-refractivity contribution in [1.29, 1.82) is 0 Å². The Kier molecular flexibility index (Phi) is 6.34. The van der Waals surface area contributed by atoms with Gasteiger partial charge in [-0.05, 0) is 42.5 Å². The summed E-state index contributed by atoms with van der Waals surface area (Å²) in [5.41, 5.74) is 0.441. The summed E-state index contributed by atoms with van der Waals surface area (Å²) in [7, 11) is 0. The van der Waals surface area contributed by atoms with Crippen LogP contribution in [-0.2, 0) is 4.79 Å². The molecule has 2 aromatic carbocycles. The molecule has 0 bridgehead atoms. The van der Waals surface area contributed by atoms with E-state index in [4.69, 9.17) is 4.42 Å². The molecule has 1 N–H and O–H groups in total. The first-order chi connectivity index (χ1) is 15.8. The Morgan fingerprint density at radius 1 is 0.818 bits per heavy atom. The lowest BCUT2D eigenvalue weighted by Crippen LogP contribution is -2.47. The van der Waals surface area contributed by atoms with Crippen molar-refractivity contribution in [2.24, 2.45) is 0 Å². The largest absolute Gasteiger partial charge is 0.465 e. The maximum Gasteiger partial charge on any atom is 0.248 e. The van der Waals surface area contributed by atoms with Crippen LogP contribution < -0.4 is 15.1 Å². The zero-order valence-corrected chi connectivity index (χ0v) is 17.1. The molecule has 0 aliphatic carbocycles. The van der Waals surface area contributed by atoms with Gasteiger partial charge >= 0.3 is 0 Å². The monoisotopic (exact) mass is 463 g/mol. The number of hydrogen-bond donors (Lipinski definition) is 1. The molecule has 1 amide bonds. The quantitative estimate of drug-likeness (QED) is 0.252. The first-order valence-corrected chi connectivity index (χ1v) is 9.99. The van der Waals surface area contributed by atoms with Gasteiger partial charge in [-0.1, -0.05) is 0 Å². The van der Waals surface area contributed by atoms with Crippen molar-refractivity contribution >= 4 is 29.0 Å². The van der Waals surface area contributed by atoms with Gasteiger partial charge in [0.2, 0.25) is 11.7 Å². The topological polar surface area (TPSA) is 48.7 Å². The number of carbonyl (C=O) groups excluding carboxylic acids is 1. The van der Waals surface area contributed by atoms with Crippen LogP contribution in [0.1, 0.15) is 5.76 Å². The Labute approximate surface area is 185 Å². The Hall–Kier alpha value is -3.82. The molecular formula is C23H18F5N3O2. The zero-order valence-electron chi connectivity index (χ0n) is 17.1. The fourth-order valence-electron chi connectivity index (χ4n) is 3.54. The third-order valence-electron chi connectivity index (χ3n) is 5.22. The van der Waals surface area contributed by atoms with Crippen molar-refractivity contribution in [3.05, 3.63) is 83.6 Å². The van der Waals surface area contributed by atoms with E-state index < -0.39 is 34.8 Å². The number of benzene rings is 2. The van der Waals surface area contributed by atoms with Crippen LogP contribution in [0.15, 0.2) is 53.2 Å². The van der Waals surface area contributed by atoms with Crippen molar-refractivity contribution in [2.45, 2.75) is 0 Å². The number of nitrogens with one attached hydrogen (secondary N) is 1. The van der Waals surface area contributed by atoms with Gasteiger partial charge in [0.15, 0.2) is 23.3 Å². The number of furan rings is 1. The van der Waals surface area contributed by atoms with E-state index >= 15 is 0 Å². The third kappa shape index (κ3) is 4.69. The molecule has 1 aromatic heterocycles. The minimum atomic E-state index is -2.17. The minimum absolute atomic E-state index is 0.0639. The highest BCUT2D eigenvalue weighted by Crippen LogP contribution is 2.31. The van der Waals surface area contributed by atoms with E-state index in [1.165, 1.54) is 18.4 Å². The van der Waals surface area contributed by atoms with E-state index in [-0.39, 0.29) is 19.0 Å². The first kappa shape index (κ1) is 22.4. The summed E-state index contributed by atoms with van der Waals surface area (Å²) in [4.78, 5) is 15.0. The Balaban J connectivity index is 1.37. The molecule has 5 nitrogen and oxygen atoms in total. The molecule has 0 radical (unpaired) electrons. The normalized spacial score (nSPS) is 14.2. The fraction of sp³-hybridized carbons (Fsp3) is 0.174. The predicted molar refractivity (Wildman–Crippen MR) is 113 cm³/mol. The lowest BCUT2D eigenvalue weighted by molar-refractivity contribution is -0.111. The molecule has 4 rings (SSSR count). The fourth-order valence-corrected chi connectivity index (χ4v) is 3.54. The molecule has 1 aliphatic rings. The molecule has 1 fully saturated rings. The molecule has 2 heterocycles. The van der Waals surface area contributed by atoms with Crippen molar-refractivity contribution in [3.8, 4) is 0 Å². The van der Waals surface area contributed by atoms with Crippen LogP contribution in [0.25, 0.3) is 6.08 Å². The highest BCUT2D eigenvalue weighted by molar-refractivity contribution is 6.01. The molecule has 0 unspecified atom stereocenters. The van der Waals surface area contributed by atoms with Gasteiger partial charge in [0.25, 0.3) is 0 Å². The summed E-state index contributed by atoms with van der Waals surface area (Å²) < 4.78 is 73.6. The van der Waals surface area contributed by atoms with Crippen molar-refractivity contribution < 1.29 is 31.2 Å². The van der Waals surface area contributed by atoms with Crippen LogP contribution in [0, 0.1) is 29.1 Å². The number of carbonyl (C=O) groups is 1. The molecule has 0 atom stereocenters. The van der Waals surface area contributed by atoms with Crippen LogP contribution in [-0.4, -0.2) is 32.1 Å². The molecule has 172 valence electrons. The second-order valence-corrected chi connectivity index (χ2v) is 7.28. The summed E-state index contributed by atoms with van der Waals surface area (Å²) in [6.07, 6.45) is 4.37. The molecule has 10 heteroatoms. The lowest BCUT2D eigenvalue weighted by atomic mass is 10.2. The van der Waals surface area contributed by atoms with E-state index in [0.29, 0.717) is 24.5 Å². The standard InChI is InChI=1S/C23H18F5N3O2/c24-18-19(25)21(27)23(22(28)20(18)26)31-11-9-30(10-12-31)15-5-3-14(4-6-15)29-17(32)8-7-16-2-1-13-33-16/h1-8,13H,9-12H2,(H,29,32). The van der Waals surface area contributed by atoms with Gasteiger partial charge in [-0.25, -0.2) is 22.0 Å². The Bertz CT molecular complexity index is 1140. The van der Waals surface area contributed by atoms with Gasteiger partial charge in [0.05, 0.1) is 6.26 Å². The van der Waals surface area contributed by atoms with Crippen LogP contribution in [0.3, 0.4) is 0 Å². The van der Waals surface area contributed by atoms with E-state index in [1.807, 2.05) is 4.90 Å². The van der Waals surface area contributed by atoms with Crippen LogP contribution in [0.5, 0.6) is 0 Å². The number of amides is 1. The second kappa shape index (κ2) is 9.35. The number of rotatable bonds is 5. The van der Waals surface area contributed by atoms with Crippen molar-refractivity contribution in [3.63, 3.8) is 0 Å². The average Bonchev–Trinajstić information content (AvgIpc) is 3.35. The Morgan fingerprint density at radius 3 is 1.97 bits per heavy atom. The molecule has 33 heavy (non-hydrogen) atoms. The van der Waals surface area contributed by atoms with Gasteiger partial charge in [0.1, 0.15) is 11.4 Å². The molecule has 0 spiro atoms.